The first-order valence-electron chi connectivity index (χ1n) is 8.45. The number of benzene rings is 2. The number of aryl methyl sites for hydroxylation is 1. The lowest BCUT2D eigenvalue weighted by Crippen LogP contribution is -2.49. The molecule has 0 bridgehead atoms. The lowest BCUT2D eigenvalue weighted by Gasteiger charge is -2.33. The molecule has 0 unspecified atom stereocenters. The van der Waals surface area contributed by atoms with E-state index in [4.69, 9.17) is 11.6 Å². The molecule has 138 valence electrons. The number of nitrogens with zero attached hydrogens (tertiary/aromatic N) is 2. The molecule has 0 amide bonds. The van der Waals surface area contributed by atoms with Gasteiger partial charge in [-0.05, 0) is 42.8 Å². The summed E-state index contributed by atoms with van der Waals surface area (Å²) in [5.74, 6) is 0.0110. The second-order valence-electron chi connectivity index (χ2n) is 6.38. The van der Waals surface area contributed by atoms with Crippen LogP contribution in [0.5, 0.6) is 0 Å². The highest BCUT2D eigenvalue weighted by molar-refractivity contribution is 7.89. The maximum Gasteiger partial charge on any atom is 0.243 e. The van der Waals surface area contributed by atoms with E-state index < -0.39 is 10.0 Å². The molecule has 0 aromatic heterocycles. The van der Waals surface area contributed by atoms with Crippen molar-refractivity contribution in [3.63, 3.8) is 0 Å². The van der Waals surface area contributed by atoms with Gasteiger partial charge in [0.25, 0.3) is 0 Å². The molecule has 0 radical (unpaired) electrons. The van der Waals surface area contributed by atoms with E-state index in [0.717, 1.165) is 5.56 Å². The molecule has 26 heavy (non-hydrogen) atoms. The van der Waals surface area contributed by atoms with Crippen LogP contribution in [-0.2, 0) is 10.0 Å². The minimum Gasteiger partial charge on any atom is -0.293 e. The van der Waals surface area contributed by atoms with Crippen LogP contribution in [-0.4, -0.2) is 56.1 Å². The molecule has 0 atom stereocenters. The molecular weight excluding hydrogens is 372 g/mol. The van der Waals surface area contributed by atoms with Crippen LogP contribution in [0, 0.1) is 6.92 Å². The van der Waals surface area contributed by atoms with Gasteiger partial charge >= 0.3 is 0 Å². The summed E-state index contributed by atoms with van der Waals surface area (Å²) in [7, 11) is -3.49. The number of hydrogen-bond acceptors (Lipinski definition) is 4. The van der Waals surface area contributed by atoms with E-state index in [9.17, 15) is 13.2 Å². The van der Waals surface area contributed by atoms with E-state index in [1.165, 1.54) is 4.31 Å². The quantitative estimate of drug-likeness (QED) is 0.734. The van der Waals surface area contributed by atoms with Crippen molar-refractivity contribution in [2.45, 2.75) is 11.8 Å². The molecule has 0 N–H and O–H groups in total. The Morgan fingerprint density at radius 1 is 1.00 bits per heavy atom. The summed E-state index contributed by atoms with van der Waals surface area (Å²) in [4.78, 5) is 14.7. The summed E-state index contributed by atoms with van der Waals surface area (Å²) in [5, 5.41) is 0.594. The number of ketones is 1. The Morgan fingerprint density at radius 2 is 1.62 bits per heavy atom. The van der Waals surface area contributed by atoms with Gasteiger partial charge in [-0.1, -0.05) is 29.8 Å². The fourth-order valence-corrected chi connectivity index (χ4v) is 4.82. The molecular formula is C19H21ClN2O3S. The van der Waals surface area contributed by atoms with Gasteiger partial charge in [0.1, 0.15) is 0 Å². The average molecular weight is 393 g/mol. The fourth-order valence-electron chi connectivity index (χ4n) is 3.04. The van der Waals surface area contributed by atoms with Crippen molar-refractivity contribution in [3.8, 4) is 0 Å². The zero-order valence-electron chi connectivity index (χ0n) is 14.6. The number of carbonyl (C=O) groups is 1. The monoisotopic (exact) mass is 392 g/mol. The molecule has 5 nitrogen and oxygen atoms in total. The Bertz CT molecular complexity index is 889. The Morgan fingerprint density at radius 3 is 2.23 bits per heavy atom. The third-order valence-corrected chi connectivity index (χ3v) is 6.89. The molecule has 0 aliphatic carbocycles. The van der Waals surface area contributed by atoms with Gasteiger partial charge in [0, 0.05) is 36.8 Å². The second kappa shape index (κ2) is 7.88. The van der Waals surface area contributed by atoms with Crippen LogP contribution in [0.3, 0.4) is 0 Å². The molecule has 1 fully saturated rings. The summed E-state index contributed by atoms with van der Waals surface area (Å²) in [6.07, 6.45) is 0. The lowest BCUT2D eigenvalue weighted by atomic mass is 10.1. The van der Waals surface area contributed by atoms with E-state index in [0.29, 0.717) is 41.7 Å². The lowest BCUT2D eigenvalue weighted by molar-refractivity contribution is 0.0901. The van der Waals surface area contributed by atoms with Crippen LogP contribution in [0.2, 0.25) is 5.02 Å². The van der Waals surface area contributed by atoms with Gasteiger partial charge in [0.05, 0.1) is 11.4 Å². The summed E-state index contributed by atoms with van der Waals surface area (Å²) in [5.41, 5.74) is 1.36. The molecule has 2 aromatic rings. The van der Waals surface area contributed by atoms with Crippen molar-refractivity contribution < 1.29 is 13.2 Å². The number of hydrogen-bond donors (Lipinski definition) is 0. The molecule has 3 rings (SSSR count). The smallest absolute Gasteiger partial charge is 0.243 e. The zero-order chi connectivity index (χ0) is 18.7. The van der Waals surface area contributed by atoms with Crippen molar-refractivity contribution in [1.82, 2.24) is 9.21 Å². The average Bonchev–Trinajstić information content (AvgIpc) is 2.63. The van der Waals surface area contributed by atoms with Crippen molar-refractivity contribution in [2.24, 2.45) is 0 Å². The van der Waals surface area contributed by atoms with Crippen LogP contribution in [0.1, 0.15) is 15.9 Å². The standard InChI is InChI=1S/C19H21ClN2O3S/c1-15-4-2-3-5-19(15)26(24,25)22-12-10-21(11-13-22)14-18(23)16-6-8-17(20)9-7-16/h2-9H,10-14H2,1H3. The molecule has 0 spiro atoms. The summed E-state index contributed by atoms with van der Waals surface area (Å²) in [6, 6.07) is 13.8. The Hall–Kier alpha value is -1.73. The maximum absolute atomic E-state index is 12.8. The van der Waals surface area contributed by atoms with E-state index in [1.54, 1.807) is 49.4 Å². The zero-order valence-corrected chi connectivity index (χ0v) is 16.1. The van der Waals surface area contributed by atoms with Gasteiger partial charge in [-0.2, -0.15) is 4.31 Å². The summed E-state index contributed by atoms with van der Waals surface area (Å²) < 4.78 is 27.1. The third-order valence-electron chi connectivity index (χ3n) is 4.58. The molecule has 1 saturated heterocycles. The molecule has 0 saturated carbocycles. The van der Waals surface area contributed by atoms with Crippen LogP contribution in [0.15, 0.2) is 53.4 Å². The second-order valence-corrected chi connectivity index (χ2v) is 8.72. The van der Waals surface area contributed by atoms with Crippen molar-refractivity contribution >= 4 is 27.4 Å². The van der Waals surface area contributed by atoms with Gasteiger partial charge in [-0.25, -0.2) is 8.42 Å². The number of sulfonamides is 1. The maximum atomic E-state index is 12.8. The molecule has 7 heteroatoms. The van der Waals surface area contributed by atoms with E-state index in [-0.39, 0.29) is 12.3 Å². The number of Topliss-reactive ketones (excluding diaryl/α,β-unsaturated/α-hetero) is 1. The van der Waals surface area contributed by atoms with Crippen LogP contribution in [0.4, 0.5) is 0 Å². The number of halogens is 1. The van der Waals surface area contributed by atoms with Crippen LogP contribution < -0.4 is 0 Å². The number of carbonyl (C=O) groups excluding carboxylic acids is 1. The predicted molar refractivity (Wildman–Crippen MR) is 102 cm³/mol. The third kappa shape index (κ3) is 4.15. The normalized spacial score (nSPS) is 16.5. The predicted octanol–water partition coefficient (Wildman–Crippen LogP) is 2.84. The fraction of sp³-hybridized carbons (Fsp3) is 0.316. The van der Waals surface area contributed by atoms with Gasteiger partial charge < -0.3 is 0 Å². The van der Waals surface area contributed by atoms with Gasteiger partial charge in [-0.15, -0.1) is 0 Å². The van der Waals surface area contributed by atoms with Crippen molar-refractivity contribution in [1.29, 1.82) is 0 Å². The van der Waals surface area contributed by atoms with E-state index in [1.807, 2.05) is 11.0 Å². The highest BCUT2D eigenvalue weighted by Crippen LogP contribution is 2.21. The number of rotatable bonds is 5. The van der Waals surface area contributed by atoms with Gasteiger partial charge in [-0.3, -0.25) is 9.69 Å². The van der Waals surface area contributed by atoms with Crippen LogP contribution in [0.25, 0.3) is 0 Å². The molecule has 2 aromatic carbocycles. The highest BCUT2D eigenvalue weighted by atomic mass is 35.5. The topological polar surface area (TPSA) is 57.7 Å². The highest BCUT2D eigenvalue weighted by Gasteiger charge is 2.29. The minimum atomic E-state index is -3.49. The summed E-state index contributed by atoms with van der Waals surface area (Å²) >= 11 is 5.84. The Labute approximate surface area is 159 Å². The molecule has 1 aliphatic rings. The molecule has 1 aliphatic heterocycles. The Balaban J connectivity index is 1.61. The largest absolute Gasteiger partial charge is 0.293 e. The molecule has 1 heterocycles. The van der Waals surface area contributed by atoms with Crippen LogP contribution >= 0.6 is 11.6 Å². The first kappa shape index (κ1) is 19.0. The van der Waals surface area contributed by atoms with Crippen molar-refractivity contribution in [3.05, 3.63) is 64.7 Å². The van der Waals surface area contributed by atoms with E-state index >= 15 is 0 Å². The SMILES string of the molecule is Cc1ccccc1S(=O)(=O)N1CCN(CC(=O)c2ccc(Cl)cc2)CC1. The summed E-state index contributed by atoms with van der Waals surface area (Å²) in [6.45, 7) is 3.90. The van der Waals surface area contributed by atoms with Gasteiger partial charge in [0.2, 0.25) is 10.0 Å². The first-order chi connectivity index (χ1) is 12.4. The van der Waals surface area contributed by atoms with E-state index in [2.05, 4.69) is 0 Å². The minimum absolute atomic E-state index is 0.0110. The van der Waals surface area contributed by atoms with Crippen molar-refractivity contribution in [2.75, 3.05) is 32.7 Å². The number of piperazine rings is 1. The Kier molecular flexibility index (Phi) is 5.77. The van der Waals surface area contributed by atoms with Gasteiger partial charge in [0.15, 0.2) is 5.78 Å². The first-order valence-corrected chi connectivity index (χ1v) is 10.3.